The van der Waals surface area contributed by atoms with E-state index in [2.05, 4.69) is 25.0 Å². The standard InChI is InChI=1S/C15H21N5O3/c1-9-5-14(18-13(16-9)8-21-3)20-7-11(22-4)6-12(20)15-17-10(2)19-23-15/h5,11-12H,6-8H2,1-4H3/t11-,12-/m1/s1. The van der Waals surface area contributed by atoms with Crippen LogP contribution < -0.4 is 4.90 Å². The molecule has 124 valence electrons. The summed E-state index contributed by atoms with van der Waals surface area (Å²) in [5, 5.41) is 3.90. The van der Waals surface area contributed by atoms with Crippen LogP contribution in [0.3, 0.4) is 0 Å². The number of hydrogen-bond acceptors (Lipinski definition) is 8. The summed E-state index contributed by atoms with van der Waals surface area (Å²) < 4.78 is 16.1. The van der Waals surface area contributed by atoms with E-state index in [1.807, 2.05) is 19.9 Å². The minimum Gasteiger partial charge on any atom is -0.380 e. The molecule has 0 amide bonds. The highest BCUT2D eigenvalue weighted by atomic mass is 16.5. The zero-order valence-corrected chi connectivity index (χ0v) is 13.8. The van der Waals surface area contributed by atoms with Gasteiger partial charge in [0.1, 0.15) is 18.5 Å². The van der Waals surface area contributed by atoms with Crippen molar-refractivity contribution >= 4 is 5.82 Å². The van der Waals surface area contributed by atoms with E-state index in [4.69, 9.17) is 14.0 Å². The van der Waals surface area contributed by atoms with Crippen LogP contribution in [0.4, 0.5) is 5.82 Å². The first kappa shape index (κ1) is 15.8. The highest BCUT2D eigenvalue weighted by Gasteiger charge is 2.37. The highest BCUT2D eigenvalue weighted by Crippen LogP contribution is 2.35. The SMILES string of the molecule is COCc1nc(C)cc(N2C[C@H](OC)C[C@@H]2c2nc(C)no2)n1. The Balaban J connectivity index is 1.95. The van der Waals surface area contributed by atoms with Crippen LogP contribution in [-0.4, -0.2) is 47.0 Å². The summed E-state index contributed by atoms with van der Waals surface area (Å²) in [4.78, 5) is 15.5. The number of ether oxygens (including phenoxy) is 2. The maximum atomic E-state index is 5.53. The van der Waals surface area contributed by atoms with E-state index in [1.54, 1.807) is 14.2 Å². The lowest BCUT2D eigenvalue weighted by atomic mass is 10.2. The van der Waals surface area contributed by atoms with Crippen molar-refractivity contribution in [1.82, 2.24) is 20.1 Å². The predicted molar refractivity (Wildman–Crippen MR) is 82.0 cm³/mol. The zero-order chi connectivity index (χ0) is 16.4. The number of anilines is 1. The molecule has 0 unspecified atom stereocenters. The molecule has 3 heterocycles. The van der Waals surface area contributed by atoms with Gasteiger partial charge in [-0.05, 0) is 13.8 Å². The third kappa shape index (κ3) is 3.32. The van der Waals surface area contributed by atoms with Gasteiger partial charge < -0.3 is 18.9 Å². The van der Waals surface area contributed by atoms with Gasteiger partial charge in [0, 0.05) is 38.9 Å². The van der Waals surface area contributed by atoms with Gasteiger partial charge in [0.15, 0.2) is 11.6 Å². The molecule has 1 fully saturated rings. The van der Waals surface area contributed by atoms with E-state index < -0.39 is 0 Å². The van der Waals surface area contributed by atoms with Gasteiger partial charge in [-0.1, -0.05) is 5.16 Å². The Kier molecular flexibility index (Phi) is 4.53. The van der Waals surface area contributed by atoms with E-state index in [0.717, 1.165) is 17.9 Å². The molecule has 1 aliphatic rings. The van der Waals surface area contributed by atoms with Crippen molar-refractivity contribution in [3.63, 3.8) is 0 Å². The van der Waals surface area contributed by atoms with Crippen LogP contribution in [0.15, 0.2) is 10.6 Å². The lowest BCUT2D eigenvalue weighted by Gasteiger charge is -2.23. The summed E-state index contributed by atoms with van der Waals surface area (Å²) >= 11 is 0. The molecule has 0 spiro atoms. The average Bonchev–Trinajstić information content (AvgIpc) is 3.12. The normalized spacial score (nSPS) is 21.1. The molecule has 2 atom stereocenters. The van der Waals surface area contributed by atoms with Gasteiger partial charge in [-0.2, -0.15) is 4.98 Å². The summed E-state index contributed by atoms with van der Waals surface area (Å²) in [5.74, 6) is 2.69. The molecule has 1 aliphatic heterocycles. The first-order chi connectivity index (χ1) is 11.1. The van der Waals surface area contributed by atoms with Gasteiger partial charge in [0.2, 0.25) is 5.89 Å². The van der Waals surface area contributed by atoms with Crippen molar-refractivity contribution in [3.8, 4) is 0 Å². The average molecular weight is 319 g/mol. The Labute approximate surface area is 134 Å². The Morgan fingerprint density at radius 1 is 1.26 bits per heavy atom. The second-order valence-corrected chi connectivity index (χ2v) is 5.66. The summed E-state index contributed by atoms with van der Waals surface area (Å²) in [5.41, 5.74) is 0.892. The van der Waals surface area contributed by atoms with Crippen LogP contribution in [0.1, 0.15) is 35.7 Å². The fourth-order valence-corrected chi connectivity index (χ4v) is 2.86. The summed E-state index contributed by atoms with van der Waals surface area (Å²) in [6.45, 7) is 4.84. The number of aromatic nitrogens is 4. The van der Waals surface area contributed by atoms with Gasteiger partial charge >= 0.3 is 0 Å². The van der Waals surface area contributed by atoms with Crippen LogP contribution in [-0.2, 0) is 16.1 Å². The van der Waals surface area contributed by atoms with Crippen LogP contribution in [0, 0.1) is 13.8 Å². The summed E-state index contributed by atoms with van der Waals surface area (Å²) in [6.07, 6.45) is 0.870. The molecule has 0 aliphatic carbocycles. The number of aryl methyl sites for hydroxylation is 2. The maximum absolute atomic E-state index is 5.53. The molecule has 23 heavy (non-hydrogen) atoms. The second kappa shape index (κ2) is 6.59. The molecule has 0 bridgehead atoms. The fraction of sp³-hybridized carbons (Fsp3) is 0.600. The van der Waals surface area contributed by atoms with Crippen molar-refractivity contribution in [1.29, 1.82) is 0 Å². The monoisotopic (exact) mass is 319 g/mol. The van der Waals surface area contributed by atoms with Gasteiger partial charge in [0.05, 0.1) is 6.10 Å². The largest absolute Gasteiger partial charge is 0.380 e. The van der Waals surface area contributed by atoms with Crippen LogP contribution in [0.25, 0.3) is 0 Å². The number of methoxy groups -OCH3 is 2. The Hall–Kier alpha value is -2.06. The van der Waals surface area contributed by atoms with Crippen molar-refractivity contribution < 1.29 is 14.0 Å². The van der Waals surface area contributed by atoms with E-state index in [-0.39, 0.29) is 12.1 Å². The highest BCUT2D eigenvalue weighted by molar-refractivity contribution is 5.43. The Bertz CT molecular complexity index is 675. The van der Waals surface area contributed by atoms with Crippen LogP contribution >= 0.6 is 0 Å². The number of nitrogens with zero attached hydrogens (tertiary/aromatic N) is 5. The molecule has 2 aromatic heterocycles. The minimum absolute atomic E-state index is 0.0501. The Morgan fingerprint density at radius 3 is 2.74 bits per heavy atom. The maximum Gasteiger partial charge on any atom is 0.249 e. The van der Waals surface area contributed by atoms with Gasteiger partial charge in [0.25, 0.3) is 0 Å². The van der Waals surface area contributed by atoms with E-state index in [9.17, 15) is 0 Å². The van der Waals surface area contributed by atoms with Gasteiger partial charge in [-0.3, -0.25) is 0 Å². The number of hydrogen-bond donors (Lipinski definition) is 0. The zero-order valence-electron chi connectivity index (χ0n) is 13.8. The van der Waals surface area contributed by atoms with Gasteiger partial charge in [-0.15, -0.1) is 0 Å². The van der Waals surface area contributed by atoms with Crippen molar-refractivity contribution in [3.05, 3.63) is 29.3 Å². The molecular formula is C15H21N5O3. The molecule has 3 rings (SSSR count). The smallest absolute Gasteiger partial charge is 0.249 e. The van der Waals surface area contributed by atoms with Crippen molar-refractivity contribution in [2.75, 3.05) is 25.7 Å². The lowest BCUT2D eigenvalue weighted by Crippen LogP contribution is -2.26. The molecule has 8 nitrogen and oxygen atoms in total. The summed E-state index contributed by atoms with van der Waals surface area (Å²) in [6, 6.07) is 1.90. The minimum atomic E-state index is -0.0501. The van der Waals surface area contributed by atoms with E-state index in [1.165, 1.54) is 0 Å². The first-order valence-electron chi connectivity index (χ1n) is 7.54. The third-order valence-electron chi connectivity index (χ3n) is 3.88. The van der Waals surface area contributed by atoms with Crippen molar-refractivity contribution in [2.45, 2.75) is 39.0 Å². The lowest BCUT2D eigenvalue weighted by molar-refractivity contribution is 0.117. The Morgan fingerprint density at radius 2 is 2.09 bits per heavy atom. The topological polar surface area (TPSA) is 86.4 Å². The predicted octanol–water partition coefficient (Wildman–Crippen LogP) is 1.59. The van der Waals surface area contributed by atoms with Crippen molar-refractivity contribution in [2.24, 2.45) is 0 Å². The molecule has 0 aromatic carbocycles. The molecule has 0 saturated carbocycles. The fourth-order valence-electron chi connectivity index (χ4n) is 2.86. The third-order valence-corrected chi connectivity index (χ3v) is 3.88. The quantitative estimate of drug-likeness (QED) is 0.821. The number of rotatable bonds is 5. The second-order valence-electron chi connectivity index (χ2n) is 5.66. The first-order valence-corrected chi connectivity index (χ1v) is 7.54. The van der Waals surface area contributed by atoms with Gasteiger partial charge in [-0.25, -0.2) is 9.97 Å². The summed E-state index contributed by atoms with van der Waals surface area (Å²) in [7, 11) is 3.35. The van der Waals surface area contributed by atoms with E-state index in [0.29, 0.717) is 30.7 Å². The molecule has 0 N–H and O–H groups in total. The molecule has 1 saturated heterocycles. The molecular weight excluding hydrogens is 298 g/mol. The molecule has 0 radical (unpaired) electrons. The van der Waals surface area contributed by atoms with E-state index >= 15 is 0 Å². The molecule has 8 heteroatoms. The van der Waals surface area contributed by atoms with Crippen LogP contribution in [0.5, 0.6) is 0 Å². The van der Waals surface area contributed by atoms with Crippen LogP contribution in [0.2, 0.25) is 0 Å². The molecule has 2 aromatic rings.